The van der Waals surface area contributed by atoms with Gasteiger partial charge in [-0.3, -0.25) is 4.79 Å². The first-order chi connectivity index (χ1) is 5.74. The van der Waals surface area contributed by atoms with Crippen LogP contribution in [-0.4, -0.2) is 13.1 Å². The Balaban J connectivity index is 2.49. The molecule has 0 aliphatic heterocycles. The van der Waals surface area contributed by atoms with E-state index in [0.29, 0.717) is 6.42 Å². The fraction of sp³-hybridized carbons (Fsp3) is 0.444. The lowest BCUT2D eigenvalue weighted by Gasteiger charge is -2.06. The van der Waals surface area contributed by atoms with Crippen molar-refractivity contribution in [1.82, 2.24) is 0 Å². The molecule has 1 rings (SSSR count). The largest absolute Gasteiger partial charge is 0.469 e. The van der Waals surface area contributed by atoms with Gasteiger partial charge in [0.1, 0.15) is 0 Å². The maximum Gasteiger partial charge on any atom is 0.306 e. The van der Waals surface area contributed by atoms with Crippen molar-refractivity contribution in [1.29, 1.82) is 0 Å². The number of thiophene rings is 1. The van der Waals surface area contributed by atoms with Gasteiger partial charge in [0.25, 0.3) is 0 Å². The minimum absolute atomic E-state index is 0.145. The Hall–Kier alpha value is -0.830. The molecule has 0 amide bonds. The second-order valence-electron chi connectivity index (χ2n) is 2.74. The smallest absolute Gasteiger partial charge is 0.306 e. The summed E-state index contributed by atoms with van der Waals surface area (Å²) in [6, 6.07) is 2.04. The van der Waals surface area contributed by atoms with Crippen LogP contribution in [0.2, 0.25) is 0 Å². The third-order valence-corrected chi connectivity index (χ3v) is 2.51. The SMILES string of the molecule is COC(=O)CC(C)c1ccsc1. The first-order valence-electron chi connectivity index (χ1n) is 3.83. The predicted molar refractivity (Wildman–Crippen MR) is 49.4 cm³/mol. The van der Waals surface area contributed by atoms with Crippen molar-refractivity contribution in [3.63, 3.8) is 0 Å². The van der Waals surface area contributed by atoms with Gasteiger partial charge in [0.05, 0.1) is 13.5 Å². The van der Waals surface area contributed by atoms with Gasteiger partial charge in [-0.2, -0.15) is 11.3 Å². The van der Waals surface area contributed by atoms with Gasteiger partial charge in [0, 0.05) is 0 Å². The van der Waals surface area contributed by atoms with Gasteiger partial charge in [-0.05, 0) is 28.3 Å². The van der Waals surface area contributed by atoms with E-state index < -0.39 is 0 Å². The van der Waals surface area contributed by atoms with Crippen molar-refractivity contribution in [2.45, 2.75) is 19.3 Å². The van der Waals surface area contributed by atoms with Gasteiger partial charge in [-0.1, -0.05) is 6.92 Å². The molecule has 66 valence electrons. The number of methoxy groups -OCH3 is 1. The molecule has 12 heavy (non-hydrogen) atoms. The molecule has 1 heterocycles. The molecule has 0 saturated heterocycles. The molecule has 1 atom stereocenters. The maximum absolute atomic E-state index is 10.9. The van der Waals surface area contributed by atoms with E-state index in [0.717, 1.165) is 0 Å². The van der Waals surface area contributed by atoms with Gasteiger partial charge in [0.15, 0.2) is 0 Å². The Morgan fingerprint density at radius 2 is 2.50 bits per heavy atom. The van der Waals surface area contributed by atoms with Crippen LogP contribution in [0.15, 0.2) is 16.8 Å². The Bertz CT molecular complexity index is 241. The summed E-state index contributed by atoms with van der Waals surface area (Å²) in [4.78, 5) is 10.9. The zero-order valence-corrected chi connectivity index (χ0v) is 8.06. The summed E-state index contributed by atoms with van der Waals surface area (Å²) < 4.78 is 4.58. The van der Waals surface area contributed by atoms with E-state index in [1.165, 1.54) is 12.7 Å². The number of carbonyl (C=O) groups excluding carboxylic acids is 1. The molecule has 0 aromatic carbocycles. The van der Waals surface area contributed by atoms with E-state index in [1.54, 1.807) is 11.3 Å². The number of hydrogen-bond acceptors (Lipinski definition) is 3. The molecule has 0 saturated carbocycles. The van der Waals surface area contributed by atoms with Crippen LogP contribution < -0.4 is 0 Å². The Labute approximate surface area is 76.2 Å². The van der Waals surface area contributed by atoms with Crippen molar-refractivity contribution < 1.29 is 9.53 Å². The van der Waals surface area contributed by atoms with Crippen LogP contribution in [0.5, 0.6) is 0 Å². The van der Waals surface area contributed by atoms with Crippen LogP contribution in [-0.2, 0) is 9.53 Å². The highest BCUT2D eigenvalue weighted by atomic mass is 32.1. The lowest BCUT2D eigenvalue weighted by atomic mass is 10.0. The van der Waals surface area contributed by atoms with E-state index in [4.69, 9.17) is 0 Å². The average molecular weight is 184 g/mol. The van der Waals surface area contributed by atoms with Crippen LogP contribution in [0.25, 0.3) is 0 Å². The molecule has 0 aliphatic rings. The topological polar surface area (TPSA) is 26.3 Å². The van der Waals surface area contributed by atoms with Crippen molar-refractivity contribution in [3.8, 4) is 0 Å². The summed E-state index contributed by atoms with van der Waals surface area (Å²) in [6.45, 7) is 2.03. The molecule has 0 radical (unpaired) electrons. The molecular formula is C9H12O2S. The van der Waals surface area contributed by atoms with E-state index in [-0.39, 0.29) is 11.9 Å². The standard InChI is InChI=1S/C9H12O2S/c1-7(5-9(10)11-2)8-3-4-12-6-8/h3-4,6-7H,5H2,1-2H3. The quantitative estimate of drug-likeness (QED) is 0.674. The fourth-order valence-electron chi connectivity index (χ4n) is 1.01. The summed E-state index contributed by atoms with van der Waals surface area (Å²) >= 11 is 1.65. The van der Waals surface area contributed by atoms with Crippen molar-refractivity contribution in [2.75, 3.05) is 7.11 Å². The van der Waals surface area contributed by atoms with E-state index in [1.807, 2.05) is 18.4 Å². The average Bonchev–Trinajstić information content (AvgIpc) is 2.56. The number of esters is 1. The van der Waals surface area contributed by atoms with Crippen molar-refractivity contribution in [2.24, 2.45) is 0 Å². The molecule has 0 bridgehead atoms. The molecule has 3 heteroatoms. The summed E-state index contributed by atoms with van der Waals surface area (Å²) in [7, 11) is 1.42. The first kappa shape index (κ1) is 9.26. The lowest BCUT2D eigenvalue weighted by molar-refractivity contribution is -0.140. The Morgan fingerprint density at radius 3 is 3.00 bits per heavy atom. The van der Waals surface area contributed by atoms with Gasteiger partial charge < -0.3 is 4.74 Å². The number of ether oxygens (including phenoxy) is 1. The highest BCUT2D eigenvalue weighted by Gasteiger charge is 2.10. The normalized spacial score (nSPS) is 12.5. The molecule has 0 spiro atoms. The molecule has 0 fully saturated rings. The zero-order chi connectivity index (χ0) is 8.97. The predicted octanol–water partition coefficient (Wildman–Crippen LogP) is 2.41. The monoisotopic (exact) mass is 184 g/mol. The molecule has 1 aromatic rings. The van der Waals surface area contributed by atoms with Crippen LogP contribution in [0.1, 0.15) is 24.8 Å². The second-order valence-corrected chi connectivity index (χ2v) is 3.52. The molecular weight excluding hydrogens is 172 g/mol. The fourth-order valence-corrected chi connectivity index (χ4v) is 1.79. The number of carbonyl (C=O) groups is 1. The summed E-state index contributed by atoms with van der Waals surface area (Å²) in [5.74, 6) is 0.123. The van der Waals surface area contributed by atoms with Gasteiger partial charge in [0.2, 0.25) is 0 Å². The Kier molecular flexibility index (Phi) is 3.29. The minimum Gasteiger partial charge on any atom is -0.469 e. The van der Waals surface area contributed by atoms with Gasteiger partial charge in [-0.15, -0.1) is 0 Å². The van der Waals surface area contributed by atoms with Gasteiger partial charge in [-0.25, -0.2) is 0 Å². The molecule has 1 aromatic heterocycles. The lowest BCUT2D eigenvalue weighted by Crippen LogP contribution is -2.05. The van der Waals surface area contributed by atoms with Crippen molar-refractivity contribution in [3.05, 3.63) is 22.4 Å². The number of rotatable bonds is 3. The summed E-state index contributed by atoms with van der Waals surface area (Å²) in [5.41, 5.74) is 1.21. The maximum atomic E-state index is 10.9. The van der Waals surface area contributed by atoms with Crippen LogP contribution in [0.3, 0.4) is 0 Å². The molecule has 1 unspecified atom stereocenters. The second kappa shape index (κ2) is 4.26. The van der Waals surface area contributed by atoms with Crippen LogP contribution in [0, 0.1) is 0 Å². The summed E-state index contributed by atoms with van der Waals surface area (Å²) in [6.07, 6.45) is 0.466. The van der Waals surface area contributed by atoms with Crippen LogP contribution >= 0.6 is 11.3 Å². The van der Waals surface area contributed by atoms with Gasteiger partial charge >= 0.3 is 5.97 Å². The van der Waals surface area contributed by atoms with E-state index in [9.17, 15) is 4.79 Å². The van der Waals surface area contributed by atoms with E-state index in [2.05, 4.69) is 10.1 Å². The summed E-state index contributed by atoms with van der Waals surface area (Å²) in [5, 5.41) is 4.08. The third kappa shape index (κ3) is 2.34. The highest BCUT2D eigenvalue weighted by Crippen LogP contribution is 2.21. The highest BCUT2D eigenvalue weighted by molar-refractivity contribution is 7.07. The zero-order valence-electron chi connectivity index (χ0n) is 7.24. The first-order valence-corrected chi connectivity index (χ1v) is 4.77. The number of hydrogen-bond donors (Lipinski definition) is 0. The van der Waals surface area contributed by atoms with Crippen LogP contribution in [0.4, 0.5) is 0 Å². The Morgan fingerprint density at radius 1 is 1.75 bits per heavy atom. The molecule has 2 nitrogen and oxygen atoms in total. The third-order valence-electron chi connectivity index (χ3n) is 1.81. The molecule has 0 N–H and O–H groups in total. The van der Waals surface area contributed by atoms with Crippen molar-refractivity contribution >= 4 is 17.3 Å². The van der Waals surface area contributed by atoms with E-state index >= 15 is 0 Å². The minimum atomic E-state index is -0.145. The molecule has 0 aliphatic carbocycles.